The lowest BCUT2D eigenvalue weighted by molar-refractivity contribution is 0.225. The maximum atomic E-state index is 12.1. The minimum atomic E-state index is -3.48. The number of aliphatic hydroxyl groups excluding tert-OH is 1. The minimum absolute atomic E-state index is 0.0693. The van der Waals surface area contributed by atoms with Crippen molar-refractivity contribution in [1.82, 2.24) is 9.03 Å². The smallest absolute Gasteiger partial charge is 0.279 e. The van der Waals surface area contributed by atoms with Crippen LogP contribution in [0, 0.1) is 5.92 Å². The largest absolute Gasteiger partial charge is 0.395 e. The monoisotopic (exact) mass is 266 g/mol. The first-order valence-electron chi connectivity index (χ1n) is 6.27. The lowest BCUT2D eigenvalue weighted by Crippen LogP contribution is -2.49. The number of hydrogen-bond acceptors (Lipinski definition) is 3. The highest BCUT2D eigenvalue weighted by molar-refractivity contribution is 7.87. The molecule has 0 aromatic carbocycles. The highest BCUT2D eigenvalue weighted by Gasteiger charge is 2.25. The molecule has 1 unspecified atom stereocenters. The molecule has 5 nitrogen and oxygen atoms in total. The molecule has 0 rings (SSSR count). The van der Waals surface area contributed by atoms with E-state index in [1.165, 1.54) is 4.31 Å². The summed E-state index contributed by atoms with van der Waals surface area (Å²) in [5.41, 5.74) is 0. The Morgan fingerprint density at radius 3 is 1.94 bits per heavy atom. The number of nitrogens with zero attached hydrogens (tertiary/aromatic N) is 1. The fourth-order valence-corrected chi connectivity index (χ4v) is 3.23. The van der Waals surface area contributed by atoms with Crippen molar-refractivity contribution >= 4 is 10.2 Å². The maximum absolute atomic E-state index is 12.1. The molecule has 0 aliphatic carbocycles. The minimum Gasteiger partial charge on any atom is -0.395 e. The van der Waals surface area contributed by atoms with Crippen LogP contribution in [0.4, 0.5) is 0 Å². The highest BCUT2D eigenvalue weighted by atomic mass is 32.2. The van der Waals surface area contributed by atoms with E-state index in [4.69, 9.17) is 5.11 Å². The number of nitrogens with one attached hydrogen (secondary N) is 1. The molecule has 2 N–H and O–H groups in total. The number of hydrogen-bond donors (Lipinski definition) is 2. The Morgan fingerprint density at radius 2 is 1.65 bits per heavy atom. The van der Waals surface area contributed by atoms with Crippen LogP contribution in [0.15, 0.2) is 0 Å². The second-order valence-electron chi connectivity index (χ2n) is 4.56. The Morgan fingerprint density at radius 1 is 1.18 bits per heavy atom. The van der Waals surface area contributed by atoms with Gasteiger partial charge in [-0.3, -0.25) is 0 Å². The van der Waals surface area contributed by atoms with Gasteiger partial charge in [0.25, 0.3) is 10.2 Å². The third-order valence-electron chi connectivity index (χ3n) is 2.59. The standard InChI is InChI=1S/C11H26N2O3S/c1-5-7-13(8-6-2)17(15,16)12-11(9-14)10(3)4/h10-12,14H,5-9H2,1-4H3. The van der Waals surface area contributed by atoms with Gasteiger partial charge in [0.15, 0.2) is 0 Å². The molecule has 0 aromatic rings. The molecule has 104 valence electrons. The normalized spacial score (nSPS) is 14.5. The molecule has 0 aliphatic heterocycles. The summed E-state index contributed by atoms with van der Waals surface area (Å²) in [7, 11) is -3.48. The van der Waals surface area contributed by atoms with Crippen molar-refractivity contribution in [2.24, 2.45) is 5.92 Å². The van der Waals surface area contributed by atoms with Crippen LogP contribution in [0.1, 0.15) is 40.5 Å². The van der Waals surface area contributed by atoms with Crippen LogP contribution in [-0.4, -0.2) is 43.6 Å². The third kappa shape index (κ3) is 5.81. The van der Waals surface area contributed by atoms with Crippen molar-refractivity contribution in [2.75, 3.05) is 19.7 Å². The summed E-state index contributed by atoms with van der Waals surface area (Å²) >= 11 is 0. The molecule has 0 saturated heterocycles. The molecule has 0 spiro atoms. The molecule has 0 amide bonds. The van der Waals surface area contributed by atoms with E-state index < -0.39 is 16.3 Å². The van der Waals surface area contributed by atoms with E-state index in [1.807, 2.05) is 27.7 Å². The first-order chi connectivity index (χ1) is 7.88. The number of aliphatic hydroxyl groups is 1. The Kier molecular flexibility index (Phi) is 7.94. The average Bonchev–Trinajstić information content (AvgIpc) is 2.25. The molecule has 17 heavy (non-hydrogen) atoms. The molecule has 0 heterocycles. The molecular weight excluding hydrogens is 240 g/mol. The van der Waals surface area contributed by atoms with Gasteiger partial charge in [-0.15, -0.1) is 0 Å². The van der Waals surface area contributed by atoms with Gasteiger partial charge in [0.2, 0.25) is 0 Å². The van der Waals surface area contributed by atoms with Crippen molar-refractivity contribution in [2.45, 2.75) is 46.6 Å². The molecule has 0 bridgehead atoms. The SMILES string of the molecule is CCCN(CCC)S(=O)(=O)NC(CO)C(C)C. The molecule has 1 atom stereocenters. The van der Waals surface area contributed by atoms with Crippen LogP contribution >= 0.6 is 0 Å². The predicted molar refractivity (Wildman–Crippen MR) is 69.9 cm³/mol. The van der Waals surface area contributed by atoms with Crippen LogP contribution in [0.2, 0.25) is 0 Å². The molecular formula is C11H26N2O3S. The first kappa shape index (κ1) is 16.8. The molecule has 0 aliphatic rings. The van der Waals surface area contributed by atoms with E-state index in [0.29, 0.717) is 13.1 Å². The summed E-state index contributed by atoms with van der Waals surface area (Å²) in [5.74, 6) is 0.0693. The fourth-order valence-electron chi connectivity index (χ4n) is 1.50. The van der Waals surface area contributed by atoms with Crippen molar-refractivity contribution < 1.29 is 13.5 Å². The highest BCUT2D eigenvalue weighted by Crippen LogP contribution is 2.07. The zero-order valence-electron chi connectivity index (χ0n) is 11.3. The average molecular weight is 266 g/mol. The van der Waals surface area contributed by atoms with Gasteiger partial charge in [0.05, 0.1) is 6.61 Å². The van der Waals surface area contributed by atoms with Crippen LogP contribution in [0.25, 0.3) is 0 Å². The van der Waals surface area contributed by atoms with Gasteiger partial charge in [-0.05, 0) is 18.8 Å². The second kappa shape index (κ2) is 8.02. The molecule has 6 heteroatoms. The van der Waals surface area contributed by atoms with Crippen LogP contribution in [0.3, 0.4) is 0 Å². The van der Waals surface area contributed by atoms with E-state index in [2.05, 4.69) is 4.72 Å². The van der Waals surface area contributed by atoms with E-state index in [1.54, 1.807) is 0 Å². The quantitative estimate of drug-likeness (QED) is 0.653. The Hall–Kier alpha value is -0.170. The van der Waals surface area contributed by atoms with E-state index in [0.717, 1.165) is 12.8 Å². The van der Waals surface area contributed by atoms with E-state index in [-0.39, 0.29) is 12.5 Å². The zero-order chi connectivity index (χ0) is 13.5. The lowest BCUT2D eigenvalue weighted by atomic mass is 10.1. The fraction of sp³-hybridized carbons (Fsp3) is 1.00. The molecule has 0 saturated carbocycles. The number of rotatable bonds is 9. The van der Waals surface area contributed by atoms with Crippen LogP contribution < -0.4 is 4.72 Å². The van der Waals surface area contributed by atoms with Crippen molar-refractivity contribution in [1.29, 1.82) is 0 Å². The maximum Gasteiger partial charge on any atom is 0.279 e. The summed E-state index contributed by atoms with van der Waals surface area (Å²) < 4.78 is 28.2. The molecule has 0 radical (unpaired) electrons. The summed E-state index contributed by atoms with van der Waals surface area (Å²) in [6.45, 7) is 8.51. The van der Waals surface area contributed by atoms with Gasteiger partial charge in [-0.25, -0.2) is 0 Å². The van der Waals surface area contributed by atoms with Gasteiger partial charge in [0.1, 0.15) is 0 Å². The van der Waals surface area contributed by atoms with Crippen LogP contribution in [0.5, 0.6) is 0 Å². The van der Waals surface area contributed by atoms with Gasteiger partial charge < -0.3 is 5.11 Å². The van der Waals surface area contributed by atoms with Gasteiger partial charge in [0, 0.05) is 19.1 Å². The summed E-state index contributed by atoms with van der Waals surface area (Å²) in [5, 5.41) is 9.16. The van der Waals surface area contributed by atoms with Gasteiger partial charge in [-0.2, -0.15) is 17.4 Å². The van der Waals surface area contributed by atoms with Gasteiger partial charge >= 0.3 is 0 Å². The van der Waals surface area contributed by atoms with Crippen LogP contribution in [-0.2, 0) is 10.2 Å². The Balaban J connectivity index is 4.71. The Labute approximate surface area is 105 Å². The van der Waals surface area contributed by atoms with E-state index >= 15 is 0 Å². The topological polar surface area (TPSA) is 69.6 Å². The molecule has 0 fully saturated rings. The Bertz CT molecular complexity index is 285. The zero-order valence-corrected chi connectivity index (χ0v) is 12.1. The van der Waals surface area contributed by atoms with E-state index in [9.17, 15) is 8.42 Å². The summed E-state index contributed by atoms with van der Waals surface area (Å²) in [6, 6.07) is -0.420. The van der Waals surface area contributed by atoms with Crippen molar-refractivity contribution in [3.05, 3.63) is 0 Å². The van der Waals surface area contributed by atoms with Crippen molar-refractivity contribution in [3.63, 3.8) is 0 Å². The lowest BCUT2D eigenvalue weighted by Gasteiger charge is -2.26. The molecule has 0 aromatic heterocycles. The van der Waals surface area contributed by atoms with Gasteiger partial charge in [-0.1, -0.05) is 27.7 Å². The second-order valence-corrected chi connectivity index (χ2v) is 6.26. The summed E-state index contributed by atoms with van der Waals surface area (Å²) in [4.78, 5) is 0. The predicted octanol–water partition coefficient (Wildman–Crippen LogP) is 0.960. The summed E-state index contributed by atoms with van der Waals surface area (Å²) in [6.07, 6.45) is 1.57. The van der Waals surface area contributed by atoms with Crippen molar-refractivity contribution in [3.8, 4) is 0 Å². The third-order valence-corrected chi connectivity index (χ3v) is 4.23. The first-order valence-corrected chi connectivity index (χ1v) is 7.71.